The van der Waals surface area contributed by atoms with E-state index in [9.17, 15) is 13.2 Å². The van der Waals surface area contributed by atoms with Crippen LogP contribution in [0.4, 0.5) is 0 Å². The molecule has 1 fully saturated rings. The summed E-state index contributed by atoms with van der Waals surface area (Å²) >= 11 is 1.35. The van der Waals surface area contributed by atoms with E-state index in [1.54, 1.807) is 12.1 Å². The summed E-state index contributed by atoms with van der Waals surface area (Å²) in [6, 6.07) is 3.25. The molecule has 0 bridgehead atoms. The Bertz CT molecular complexity index is 749. The first-order valence-corrected chi connectivity index (χ1v) is 13.1. The van der Waals surface area contributed by atoms with Crippen molar-refractivity contribution in [1.29, 1.82) is 0 Å². The highest BCUT2D eigenvalue weighted by Gasteiger charge is 2.26. The third-order valence-corrected chi connectivity index (χ3v) is 7.78. The van der Waals surface area contributed by atoms with Crippen molar-refractivity contribution in [2.45, 2.75) is 50.5 Å². The van der Waals surface area contributed by atoms with Crippen LogP contribution in [0.1, 0.15) is 40.5 Å². The molecule has 0 radical (unpaired) electrons. The molecule has 170 valence electrons. The lowest BCUT2D eigenvalue weighted by atomic mass is 10.1. The number of hydrogen-bond donors (Lipinski definition) is 0. The van der Waals surface area contributed by atoms with Crippen LogP contribution < -0.4 is 0 Å². The van der Waals surface area contributed by atoms with Crippen LogP contribution in [0.15, 0.2) is 28.3 Å². The average molecular weight is 458 g/mol. The molecule has 0 aromatic carbocycles. The molecule has 2 rings (SSSR count). The Morgan fingerprint density at radius 2 is 1.73 bits per heavy atom. The highest BCUT2D eigenvalue weighted by atomic mass is 32.2. The first-order chi connectivity index (χ1) is 14.2. The van der Waals surface area contributed by atoms with Crippen molar-refractivity contribution < 1.29 is 17.9 Å². The van der Waals surface area contributed by atoms with Crippen LogP contribution in [0.3, 0.4) is 0 Å². The van der Waals surface area contributed by atoms with Crippen LogP contribution in [0.2, 0.25) is 0 Å². The molecule has 1 aliphatic heterocycles. The van der Waals surface area contributed by atoms with Gasteiger partial charge in [-0.05, 0) is 36.8 Å². The summed E-state index contributed by atoms with van der Waals surface area (Å²) in [5.74, 6) is 1.51. The fourth-order valence-electron chi connectivity index (χ4n) is 2.96. The number of rotatable bonds is 11. The Kier molecular flexibility index (Phi) is 10.1. The number of carbonyl (C=O) groups is 1. The topological polar surface area (TPSA) is 79.8 Å². The van der Waals surface area contributed by atoms with E-state index < -0.39 is 10.0 Å². The highest BCUT2D eigenvalue weighted by Crippen LogP contribution is 2.21. The molecule has 1 aromatic rings. The number of morpholine rings is 1. The lowest BCUT2D eigenvalue weighted by molar-refractivity contribution is -0.128. The molecule has 1 amide bonds. The number of carbonyl (C=O) groups excluding carboxylic acids is 1. The second-order valence-electron chi connectivity index (χ2n) is 8.38. The molecule has 1 saturated heterocycles. The smallest absolute Gasteiger partial charge is 0.244 e. The normalized spacial score (nSPS) is 15.7. The fourth-order valence-corrected chi connectivity index (χ4v) is 5.06. The van der Waals surface area contributed by atoms with Gasteiger partial charge in [0.05, 0.1) is 24.0 Å². The lowest BCUT2D eigenvalue weighted by Crippen LogP contribution is -2.40. The maximum absolute atomic E-state index is 12.7. The minimum atomic E-state index is -3.55. The molecule has 0 aliphatic carbocycles. The lowest BCUT2D eigenvalue weighted by Gasteiger charge is -2.26. The zero-order chi connectivity index (χ0) is 22.1. The van der Waals surface area contributed by atoms with Crippen molar-refractivity contribution in [2.24, 2.45) is 11.8 Å². The third kappa shape index (κ3) is 7.83. The van der Waals surface area contributed by atoms with Crippen LogP contribution in [0.5, 0.6) is 0 Å². The first-order valence-electron chi connectivity index (χ1n) is 10.6. The predicted octanol–water partition coefficient (Wildman–Crippen LogP) is 3.12. The van der Waals surface area contributed by atoms with Crippen molar-refractivity contribution in [2.75, 3.05) is 45.1 Å². The van der Waals surface area contributed by atoms with Gasteiger partial charge in [0.25, 0.3) is 0 Å². The number of pyridine rings is 1. The van der Waals surface area contributed by atoms with Gasteiger partial charge < -0.3 is 9.64 Å². The van der Waals surface area contributed by atoms with Gasteiger partial charge >= 0.3 is 0 Å². The van der Waals surface area contributed by atoms with E-state index in [1.807, 2.05) is 4.90 Å². The molecular formula is C21H35N3O4S2. The van der Waals surface area contributed by atoms with Crippen LogP contribution in [0.25, 0.3) is 0 Å². The summed E-state index contributed by atoms with van der Waals surface area (Å²) in [5.41, 5.74) is 0. The molecule has 0 N–H and O–H groups in total. The molecule has 0 atom stereocenters. The van der Waals surface area contributed by atoms with E-state index in [4.69, 9.17) is 4.74 Å². The van der Waals surface area contributed by atoms with Crippen LogP contribution in [-0.2, 0) is 19.6 Å². The minimum Gasteiger partial charge on any atom is -0.379 e. The standard InChI is InChI=1S/C21H35N3O4S2/c1-17(2)7-9-23(10-8-18(3)4)21(25)16-29-20-6-5-19(15-22-20)30(26,27)24-11-13-28-14-12-24/h5-6,15,17-18H,7-14,16H2,1-4H3. The van der Waals surface area contributed by atoms with Crippen LogP contribution in [0, 0.1) is 11.8 Å². The van der Waals surface area contributed by atoms with Gasteiger partial charge in [-0.2, -0.15) is 4.31 Å². The largest absolute Gasteiger partial charge is 0.379 e. The Morgan fingerprint density at radius 3 is 2.23 bits per heavy atom. The molecular weight excluding hydrogens is 422 g/mol. The molecule has 30 heavy (non-hydrogen) atoms. The monoisotopic (exact) mass is 457 g/mol. The second-order valence-corrected chi connectivity index (χ2v) is 11.3. The van der Waals surface area contributed by atoms with E-state index in [0.717, 1.165) is 25.9 Å². The molecule has 1 aliphatic rings. The molecule has 2 heterocycles. The Labute approximate surface area is 185 Å². The molecule has 0 saturated carbocycles. The van der Waals surface area contributed by atoms with Gasteiger partial charge in [-0.15, -0.1) is 0 Å². The number of aromatic nitrogens is 1. The van der Waals surface area contributed by atoms with Gasteiger partial charge in [-0.3, -0.25) is 4.79 Å². The molecule has 0 spiro atoms. The Hall–Kier alpha value is -1.16. The van der Waals surface area contributed by atoms with Crippen molar-refractivity contribution in [3.05, 3.63) is 18.3 Å². The van der Waals surface area contributed by atoms with Gasteiger partial charge in [0.2, 0.25) is 15.9 Å². The summed E-state index contributed by atoms with van der Waals surface area (Å²) < 4.78 is 32.0. The van der Waals surface area contributed by atoms with E-state index in [-0.39, 0.29) is 10.8 Å². The summed E-state index contributed by atoms with van der Waals surface area (Å²) in [4.78, 5) is 19.1. The number of ether oxygens (including phenoxy) is 1. The average Bonchev–Trinajstić information content (AvgIpc) is 2.72. The second kappa shape index (κ2) is 12.0. The fraction of sp³-hybridized carbons (Fsp3) is 0.714. The SMILES string of the molecule is CC(C)CCN(CCC(C)C)C(=O)CSc1ccc(S(=O)(=O)N2CCOCC2)cn1. The zero-order valence-corrected chi connectivity index (χ0v) is 20.2. The van der Waals surface area contributed by atoms with Crippen molar-refractivity contribution in [3.63, 3.8) is 0 Å². The highest BCUT2D eigenvalue weighted by molar-refractivity contribution is 7.99. The third-order valence-electron chi connectivity index (χ3n) is 4.97. The van der Waals surface area contributed by atoms with Crippen molar-refractivity contribution in [3.8, 4) is 0 Å². The summed E-state index contributed by atoms with van der Waals surface area (Å²) in [6.45, 7) is 11.7. The van der Waals surface area contributed by atoms with Gasteiger partial charge in [0.1, 0.15) is 4.90 Å². The summed E-state index contributed by atoms with van der Waals surface area (Å²) in [5, 5.41) is 0.650. The Morgan fingerprint density at radius 1 is 1.13 bits per heavy atom. The van der Waals surface area contributed by atoms with Gasteiger partial charge in [-0.25, -0.2) is 13.4 Å². The molecule has 7 nitrogen and oxygen atoms in total. The van der Waals surface area contributed by atoms with E-state index in [0.29, 0.717) is 48.9 Å². The Balaban J connectivity index is 1.94. The predicted molar refractivity (Wildman–Crippen MR) is 120 cm³/mol. The molecule has 0 unspecified atom stereocenters. The van der Waals surface area contributed by atoms with E-state index in [2.05, 4.69) is 32.7 Å². The quantitative estimate of drug-likeness (QED) is 0.475. The van der Waals surface area contributed by atoms with Crippen molar-refractivity contribution in [1.82, 2.24) is 14.2 Å². The van der Waals surface area contributed by atoms with Gasteiger partial charge in [0.15, 0.2) is 0 Å². The van der Waals surface area contributed by atoms with Crippen LogP contribution >= 0.6 is 11.8 Å². The molecule has 1 aromatic heterocycles. The zero-order valence-electron chi connectivity index (χ0n) is 18.5. The summed E-state index contributed by atoms with van der Waals surface area (Å²) in [7, 11) is -3.55. The number of amides is 1. The van der Waals surface area contributed by atoms with Crippen molar-refractivity contribution >= 4 is 27.7 Å². The maximum atomic E-state index is 12.7. The first kappa shape index (κ1) is 25.1. The maximum Gasteiger partial charge on any atom is 0.244 e. The minimum absolute atomic E-state index is 0.105. The molecule has 9 heteroatoms. The van der Waals surface area contributed by atoms with Crippen LogP contribution in [-0.4, -0.2) is 73.7 Å². The summed E-state index contributed by atoms with van der Waals surface area (Å²) in [6.07, 6.45) is 3.36. The van der Waals surface area contributed by atoms with E-state index in [1.165, 1.54) is 22.3 Å². The number of thioether (sulfide) groups is 1. The number of nitrogens with zero attached hydrogens (tertiary/aromatic N) is 3. The van der Waals surface area contributed by atoms with Gasteiger partial charge in [-0.1, -0.05) is 39.5 Å². The van der Waals surface area contributed by atoms with Gasteiger partial charge in [0, 0.05) is 32.4 Å². The van der Waals surface area contributed by atoms with E-state index >= 15 is 0 Å². The number of hydrogen-bond acceptors (Lipinski definition) is 6. The number of sulfonamides is 1.